The van der Waals surface area contributed by atoms with Crippen molar-refractivity contribution in [1.82, 2.24) is 25.9 Å². The molecule has 0 aliphatic carbocycles. The number of H-pyrrole nitrogens is 1. The van der Waals surface area contributed by atoms with Crippen LogP contribution in [0.4, 0.5) is 26.3 Å². The second-order valence-corrected chi connectivity index (χ2v) is 9.06. The van der Waals surface area contributed by atoms with E-state index in [-0.39, 0.29) is 41.3 Å². The Morgan fingerprint density at radius 1 is 1.11 bits per heavy atom. The predicted molar refractivity (Wildman–Crippen MR) is 118 cm³/mol. The van der Waals surface area contributed by atoms with Crippen LogP contribution in [0.2, 0.25) is 0 Å². The molecule has 0 saturated heterocycles. The van der Waals surface area contributed by atoms with E-state index in [0.717, 1.165) is 12.1 Å². The first-order valence-corrected chi connectivity index (χ1v) is 11.5. The highest BCUT2D eigenvalue weighted by Crippen LogP contribution is 2.50. The molecule has 2 aromatic heterocycles. The molecule has 1 aliphatic heterocycles. The van der Waals surface area contributed by atoms with Crippen molar-refractivity contribution in [2.75, 3.05) is 6.61 Å². The minimum Gasteiger partial charge on any atom is -0.494 e. The summed E-state index contributed by atoms with van der Waals surface area (Å²) in [6.45, 7) is 1.47. The number of ether oxygens (including phenoxy) is 1. The quantitative estimate of drug-likeness (QED) is 0.324. The fourth-order valence-electron chi connectivity index (χ4n) is 3.98. The Morgan fingerprint density at radius 2 is 1.83 bits per heavy atom. The fourth-order valence-corrected chi connectivity index (χ4v) is 4.96. The number of nitrogens with one attached hydrogen (secondary N) is 2. The van der Waals surface area contributed by atoms with Crippen LogP contribution in [0.1, 0.15) is 41.1 Å². The van der Waals surface area contributed by atoms with Gasteiger partial charge in [0.15, 0.2) is 5.54 Å². The molecule has 1 amide bonds. The number of hydrogen-bond donors (Lipinski definition) is 2. The summed E-state index contributed by atoms with van der Waals surface area (Å²) in [7, 11) is 0. The number of halogens is 6. The van der Waals surface area contributed by atoms with Gasteiger partial charge in [0.2, 0.25) is 5.82 Å². The summed E-state index contributed by atoms with van der Waals surface area (Å²) >= 11 is 1.19. The van der Waals surface area contributed by atoms with Crippen LogP contribution >= 0.6 is 11.3 Å². The lowest BCUT2D eigenvalue weighted by Gasteiger charge is -2.41. The number of hydrogen-bond acceptors (Lipinski definition) is 6. The van der Waals surface area contributed by atoms with Crippen LogP contribution in [0.5, 0.6) is 5.75 Å². The van der Waals surface area contributed by atoms with E-state index in [1.807, 2.05) is 0 Å². The van der Waals surface area contributed by atoms with Crippen molar-refractivity contribution in [3.63, 3.8) is 0 Å². The van der Waals surface area contributed by atoms with E-state index >= 15 is 0 Å². The Kier molecular flexibility index (Phi) is 6.82. The van der Waals surface area contributed by atoms with E-state index in [1.165, 1.54) is 23.5 Å². The molecule has 0 saturated carbocycles. The fraction of sp³-hybridized carbons (Fsp3) is 0.364. The van der Waals surface area contributed by atoms with E-state index in [1.54, 1.807) is 18.4 Å². The number of aromatic nitrogens is 4. The first-order valence-electron chi connectivity index (χ1n) is 10.6. The third kappa shape index (κ3) is 5.08. The average Bonchev–Trinajstić information content (AvgIpc) is 3.47. The third-order valence-corrected chi connectivity index (χ3v) is 6.78. The molecule has 3 aromatic rings. The van der Waals surface area contributed by atoms with E-state index in [2.05, 4.69) is 25.9 Å². The molecule has 14 heteroatoms. The molecule has 1 aliphatic rings. The molecule has 2 N–H and O–H groups in total. The Hall–Kier alpha value is -3.42. The molecule has 36 heavy (non-hydrogen) atoms. The molecule has 1 aromatic carbocycles. The lowest BCUT2D eigenvalue weighted by Crippen LogP contribution is -2.58. The smallest absolute Gasteiger partial charge is 0.416 e. The Morgan fingerprint density at radius 3 is 2.39 bits per heavy atom. The predicted octanol–water partition coefficient (Wildman–Crippen LogP) is 5.18. The molecule has 0 radical (unpaired) electrons. The summed E-state index contributed by atoms with van der Waals surface area (Å²) in [5.74, 6) is -1.04. The molecule has 0 spiro atoms. The minimum absolute atomic E-state index is 0.109. The monoisotopic (exact) mass is 531 g/mol. The molecule has 1 unspecified atom stereocenters. The number of thiophene rings is 1. The number of aryl methyl sites for hydroxylation is 1. The maximum Gasteiger partial charge on any atom is 0.416 e. The van der Waals surface area contributed by atoms with Crippen molar-refractivity contribution in [3.8, 4) is 5.75 Å². The van der Waals surface area contributed by atoms with Crippen LogP contribution in [0.25, 0.3) is 11.1 Å². The van der Waals surface area contributed by atoms with Gasteiger partial charge in [-0.15, -0.1) is 21.5 Å². The molecule has 1 atom stereocenters. The van der Waals surface area contributed by atoms with Crippen molar-refractivity contribution in [3.05, 3.63) is 57.5 Å². The largest absolute Gasteiger partial charge is 0.494 e. The van der Waals surface area contributed by atoms with Gasteiger partial charge < -0.3 is 10.1 Å². The Labute approximate surface area is 204 Å². The highest BCUT2D eigenvalue weighted by Gasteiger charge is 2.60. The maximum absolute atomic E-state index is 14.7. The first kappa shape index (κ1) is 25.7. The van der Waals surface area contributed by atoms with Crippen LogP contribution < -0.4 is 10.1 Å². The summed E-state index contributed by atoms with van der Waals surface area (Å²) in [5, 5.41) is 17.0. The highest BCUT2D eigenvalue weighted by molar-refractivity contribution is 7.11. The van der Waals surface area contributed by atoms with Gasteiger partial charge >= 0.3 is 12.4 Å². The van der Waals surface area contributed by atoms with Gasteiger partial charge in [0.05, 0.1) is 12.2 Å². The summed E-state index contributed by atoms with van der Waals surface area (Å²) in [6, 6.07) is 6.48. The number of alkyl halides is 6. The lowest BCUT2D eigenvalue weighted by molar-refractivity contribution is -0.201. The molecular formula is C22H19F6N5O2S. The second-order valence-electron chi connectivity index (χ2n) is 8.15. The first-order chi connectivity index (χ1) is 16.9. The van der Waals surface area contributed by atoms with Gasteiger partial charge in [0.1, 0.15) is 5.75 Å². The maximum atomic E-state index is 14.7. The number of carbonyl (C=O) groups is 1. The molecule has 192 valence electrons. The number of benzene rings is 1. The van der Waals surface area contributed by atoms with Crippen LogP contribution in [0, 0.1) is 6.92 Å². The summed E-state index contributed by atoms with van der Waals surface area (Å²) in [4.78, 5) is 13.7. The number of carbonyl (C=O) groups excluding carboxylic acids is 1. The van der Waals surface area contributed by atoms with Crippen molar-refractivity contribution in [2.24, 2.45) is 0 Å². The van der Waals surface area contributed by atoms with Crippen molar-refractivity contribution in [1.29, 1.82) is 0 Å². The van der Waals surface area contributed by atoms with Crippen LogP contribution in [0.3, 0.4) is 0 Å². The SMILES string of the molecule is Cc1ccsc1C1=C(c2nn[nH]n2)C(=O)NC(c2ccc(OCCCC(F)(F)F)cc2)(C(F)(F)F)C1. The zero-order chi connectivity index (χ0) is 26.1. The number of aromatic amines is 1. The normalized spacial score (nSPS) is 18.9. The van der Waals surface area contributed by atoms with Crippen LogP contribution in [0.15, 0.2) is 35.7 Å². The topological polar surface area (TPSA) is 92.8 Å². The number of amides is 1. The van der Waals surface area contributed by atoms with Gasteiger partial charge in [0.25, 0.3) is 5.91 Å². The number of rotatable bonds is 7. The standard InChI is InChI=1S/C22H19F6N5O2S/c1-12-7-10-36-17(12)15-11-20(22(26,27)28,29-19(34)16(15)18-30-32-33-31-18)13-3-5-14(6-4-13)35-9-2-8-21(23,24)25/h3-7,10H,2,8-9,11H2,1H3,(H,29,34)(H,30,31,32,33). The van der Waals surface area contributed by atoms with Crippen molar-refractivity contribution < 1.29 is 35.9 Å². The van der Waals surface area contributed by atoms with Gasteiger partial charge in [-0.2, -0.15) is 31.6 Å². The van der Waals surface area contributed by atoms with Crippen molar-refractivity contribution in [2.45, 2.75) is 44.1 Å². The average molecular weight is 531 g/mol. The van der Waals surface area contributed by atoms with Crippen LogP contribution in [-0.2, 0) is 10.3 Å². The van der Waals surface area contributed by atoms with Gasteiger partial charge in [-0.3, -0.25) is 4.79 Å². The second kappa shape index (κ2) is 9.56. The van der Waals surface area contributed by atoms with E-state index in [9.17, 15) is 31.1 Å². The zero-order valence-electron chi connectivity index (χ0n) is 18.6. The molecule has 0 fully saturated rings. The van der Waals surface area contributed by atoms with Gasteiger partial charge in [0, 0.05) is 17.7 Å². The molecule has 7 nitrogen and oxygen atoms in total. The van der Waals surface area contributed by atoms with E-state index < -0.39 is 36.6 Å². The Bertz CT molecular complexity index is 1250. The summed E-state index contributed by atoms with van der Waals surface area (Å²) in [6.07, 6.45) is -11.2. The molecule has 3 heterocycles. The third-order valence-electron chi connectivity index (χ3n) is 5.71. The lowest BCUT2D eigenvalue weighted by atomic mass is 9.77. The van der Waals surface area contributed by atoms with Crippen LogP contribution in [-0.4, -0.2) is 45.5 Å². The van der Waals surface area contributed by atoms with Gasteiger partial charge in [-0.25, -0.2) is 0 Å². The molecule has 4 rings (SSSR count). The molecule has 0 bridgehead atoms. The summed E-state index contributed by atoms with van der Waals surface area (Å²) < 4.78 is 86.1. The number of nitrogens with zero attached hydrogens (tertiary/aromatic N) is 3. The van der Waals surface area contributed by atoms with Crippen molar-refractivity contribution >= 4 is 28.4 Å². The van der Waals surface area contributed by atoms with Gasteiger partial charge in [-0.1, -0.05) is 12.1 Å². The molecular weight excluding hydrogens is 512 g/mol. The minimum atomic E-state index is -4.91. The summed E-state index contributed by atoms with van der Waals surface area (Å²) in [5.41, 5.74) is -2.34. The van der Waals surface area contributed by atoms with E-state index in [4.69, 9.17) is 4.74 Å². The van der Waals surface area contributed by atoms with Gasteiger partial charge in [-0.05, 0) is 58.8 Å². The zero-order valence-corrected chi connectivity index (χ0v) is 19.4. The Balaban J connectivity index is 1.70. The highest BCUT2D eigenvalue weighted by atomic mass is 32.1. The number of tetrazole rings is 1. The van der Waals surface area contributed by atoms with E-state index in [0.29, 0.717) is 10.4 Å².